The zero-order valence-electron chi connectivity index (χ0n) is 9.89. The average Bonchev–Trinajstić information content (AvgIpc) is 2.13. The molecule has 0 unspecified atom stereocenters. The highest BCUT2D eigenvalue weighted by Gasteiger charge is 1.89. The predicted molar refractivity (Wildman–Crippen MR) is 67.1 cm³/mol. The summed E-state index contributed by atoms with van der Waals surface area (Å²) in [7, 11) is 4.38. The SMILES string of the molecule is CC#CC#CC#CC.CN(C)P(C)C. The molecule has 76 valence electrons. The van der Waals surface area contributed by atoms with Gasteiger partial charge in [-0.3, -0.25) is 4.67 Å². The molecule has 0 aliphatic heterocycles. The van der Waals surface area contributed by atoms with Crippen molar-refractivity contribution >= 4 is 8.07 Å². The van der Waals surface area contributed by atoms with Gasteiger partial charge in [-0.2, -0.15) is 0 Å². The topological polar surface area (TPSA) is 3.24 Å². The van der Waals surface area contributed by atoms with Crippen molar-refractivity contribution in [3.05, 3.63) is 0 Å². The van der Waals surface area contributed by atoms with E-state index in [0.717, 1.165) is 0 Å². The molecule has 0 aliphatic rings. The Labute approximate surface area is 90.1 Å². The van der Waals surface area contributed by atoms with Crippen molar-refractivity contribution in [2.24, 2.45) is 0 Å². The largest absolute Gasteiger partial charge is 0.289 e. The standard InChI is InChI=1S/C8H6.C4H12NP/c1-3-5-7-8-6-4-2;1-5(2)6(3)4/h1-2H3;1-4H3. The van der Waals surface area contributed by atoms with E-state index in [4.69, 9.17) is 0 Å². The van der Waals surface area contributed by atoms with Crippen LogP contribution >= 0.6 is 8.07 Å². The first-order chi connectivity index (χ1) is 6.56. The minimum atomic E-state index is 0.174. The third-order valence-corrected chi connectivity index (χ3v) is 2.84. The van der Waals surface area contributed by atoms with Crippen LogP contribution in [-0.4, -0.2) is 32.1 Å². The molecule has 0 rings (SSSR count). The van der Waals surface area contributed by atoms with Crippen molar-refractivity contribution in [3.63, 3.8) is 0 Å². The van der Waals surface area contributed by atoms with Gasteiger partial charge in [0.05, 0.1) is 0 Å². The lowest BCUT2D eigenvalue weighted by molar-refractivity contribution is 0.684. The molecule has 0 spiro atoms. The Balaban J connectivity index is 0. The fourth-order valence-electron chi connectivity index (χ4n) is 0.188. The first-order valence-corrected chi connectivity index (χ1v) is 6.43. The van der Waals surface area contributed by atoms with Crippen molar-refractivity contribution in [1.82, 2.24) is 4.67 Å². The van der Waals surface area contributed by atoms with Crippen molar-refractivity contribution in [2.45, 2.75) is 13.8 Å². The Morgan fingerprint density at radius 3 is 1.21 bits per heavy atom. The zero-order valence-corrected chi connectivity index (χ0v) is 10.8. The van der Waals surface area contributed by atoms with Crippen LogP contribution in [-0.2, 0) is 0 Å². The first kappa shape index (κ1) is 15.5. The van der Waals surface area contributed by atoms with Gasteiger partial charge in [0.15, 0.2) is 0 Å². The van der Waals surface area contributed by atoms with E-state index in [0.29, 0.717) is 0 Å². The quantitative estimate of drug-likeness (QED) is 0.471. The maximum absolute atomic E-state index is 2.64. The summed E-state index contributed by atoms with van der Waals surface area (Å²) < 4.78 is 2.23. The van der Waals surface area contributed by atoms with Gasteiger partial charge in [-0.15, -0.1) is 0 Å². The van der Waals surface area contributed by atoms with E-state index in [1.807, 2.05) is 0 Å². The molecule has 0 saturated carbocycles. The van der Waals surface area contributed by atoms with Crippen LogP contribution in [0.25, 0.3) is 0 Å². The summed E-state index contributed by atoms with van der Waals surface area (Å²) in [5.41, 5.74) is 0. The van der Waals surface area contributed by atoms with Crippen molar-refractivity contribution in [2.75, 3.05) is 27.4 Å². The van der Waals surface area contributed by atoms with E-state index in [-0.39, 0.29) is 8.07 Å². The molecule has 2 heteroatoms. The molecule has 0 atom stereocenters. The highest BCUT2D eigenvalue weighted by atomic mass is 31.1. The van der Waals surface area contributed by atoms with Crippen molar-refractivity contribution in [1.29, 1.82) is 0 Å². The summed E-state index contributed by atoms with van der Waals surface area (Å²) in [6, 6.07) is 0. The fourth-order valence-corrected chi connectivity index (χ4v) is 0.188. The monoisotopic (exact) mass is 207 g/mol. The second-order valence-electron chi connectivity index (χ2n) is 2.69. The van der Waals surface area contributed by atoms with Crippen LogP contribution in [0.1, 0.15) is 13.8 Å². The highest BCUT2D eigenvalue weighted by molar-refractivity contribution is 7.53. The Kier molecular flexibility index (Phi) is 13.4. The minimum Gasteiger partial charge on any atom is -0.289 e. The second-order valence-corrected chi connectivity index (χ2v) is 5.19. The summed E-state index contributed by atoms with van der Waals surface area (Å²) in [5, 5.41) is 0. The van der Waals surface area contributed by atoms with Gasteiger partial charge in [-0.05, 0) is 73.0 Å². The predicted octanol–water partition coefficient (Wildman–Crippen LogP) is 2.24. The van der Waals surface area contributed by atoms with Gasteiger partial charge < -0.3 is 0 Å². The second kappa shape index (κ2) is 12.1. The Morgan fingerprint density at radius 2 is 1.07 bits per heavy atom. The summed E-state index contributed by atoms with van der Waals surface area (Å²) in [4.78, 5) is 0. The number of nitrogens with zero attached hydrogens (tertiary/aromatic N) is 1. The lowest BCUT2D eigenvalue weighted by Gasteiger charge is -2.12. The van der Waals surface area contributed by atoms with E-state index in [2.05, 4.69) is 67.6 Å². The van der Waals surface area contributed by atoms with Gasteiger partial charge >= 0.3 is 0 Å². The number of rotatable bonds is 1. The molecule has 14 heavy (non-hydrogen) atoms. The lowest BCUT2D eigenvalue weighted by atomic mass is 10.5. The van der Waals surface area contributed by atoms with Gasteiger partial charge in [0, 0.05) is 0 Å². The molecule has 0 amide bonds. The lowest BCUT2D eigenvalue weighted by Crippen LogP contribution is -2.00. The molecule has 0 bridgehead atoms. The van der Waals surface area contributed by atoms with E-state index in [1.165, 1.54) is 0 Å². The van der Waals surface area contributed by atoms with E-state index >= 15 is 0 Å². The van der Waals surface area contributed by atoms with Crippen LogP contribution in [0.3, 0.4) is 0 Å². The summed E-state index contributed by atoms with van der Waals surface area (Å²) in [6.07, 6.45) is 0. The molecule has 1 nitrogen and oxygen atoms in total. The molecule has 0 aromatic rings. The van der Waals surface area contributed by atoms with Crippen molar-refractivity contribution in [3.8, 4) is 35.5 Å². The molecule has 0 aliphatic carbocycles. The minimum absolute atomic E-state index is 0.174. The van der Waals surface area contributed by atoms with Crippen LogP contribution < -0.4 is 0 Å². The van der Waals surface area contributed by atoms with Crippen LogP contribution in [0.15, 0.2) is 0 Å². The van der Waals surface area contributed by atoms with Crippen LogP contribution in [0.4, 0.5) is 0 Å². The van der Waals surface area contributed by atoms with Crippen LogP contribution in [0.5, 0.6) is 0 Å². The molecular formula is C12H18NP. The third-order valence-electron chi connectivity index (χ3n) is 1.24. The molecular weight excluding hydrogens is 189 g/mol. The zero-order chi connectivity index (χ0) is 11.4. The Bertz CT molecular complexity index is 266. The normalized spacial score (nSPS) is 6.86. The molecule has 0 saturated heterocycles. The maximum Gasteiger partial charge on any atom is -0.00108 e. The van der Waals surface area contributed by atoms with Crippen molar-refractivity contribution < 1.29 is 0 Å². The van der Waals surface area contributed by atoms with Crippen LogP contribution in [0, 0.1) is 35.5 Å². The van der Waals surface area contributed by atoms with Crippen LogP contribution in [0.2, 0.25) is 0 Å². The fraction of sp³-hybridized carbons (Fsp3) is 0.500. The molecule has 0 aromatic heterocycles. The Morgan fingerprint density at radius 1 is 0.786 bits per heavy atom. The smallest absolute Gasteiger partial charge is 0.00108 e. The molecule has 0 radical (unpaired) electrons. The molecule has 0 fully saturated rings. The maximum atomic E-state index is 2.64. The first-order valence-electron chi connectivity index (χ1n) is 4.24. The summed E-state index contributed by atoms with van der Waals surface area (Å²) in [5.74, 6) is 15.5. The van der Waals surface area contributed by atoms with E-state index in [1.54, 1.807) is 13.8 Å². The molecule has 0 N–H and O–H groups in total. The van der Waals surface area contributed by atoms with E-state index < -0.39 is 0 Å². The highest BCUT2D eigenvalue weighted by Crippen LogP contribution is 2.25. The molecule has 0 heterocycles. The van der Waals surface area contributed by atoms with Gasteiger partial charge in [0.25, 0.3) is 0 Å². The average molecular weight is 207 g/mol. The van der Waals surface area contributed by atoms with Gasteiger partial charge in [-0.25, -0.2) is 0 Å². The summed E-state index contributed by atoms with van der Waals surface area (Å²) in [6.45, 7) is 7.95. The summed E-state index contributed by atoms with van der Waals surface area (Å²) >= 11 is 0. The van der Waals surface area contributed by atoms with Gasteiger partial charge in [0.1, 0.15) is 0 Å². The van der Waals surface area contributed by atoms with Gasteiger partial charge in [-0.1, -0.05) is 11.8 Å². The third kappa shape index (κ3) is 17.2. The molecule has 0 aromatic carbocycles. The number of hydrogen-bond acceptors (Lipinski definition) is 1. The van der Waals surface area contributed by atoms with Gasteiger partial charge in [0.2, 0.25) is 0 Å². The Hall–Kier alpha value is -0.930. The number of hydrogen-bond donors (Lipinski definition) is 0. The van der Waals surface area contributed by atoms with E-state index in [9.17, 15) is 0 Å².